The Morgan fingerprint density at radius 2 is 1.80 bits per heavy atom. The van der Waals surface area contributed by atoms with Crippen LogP contribution in [0, 0.1) is 0 Å². The Morgan fingerprint density at radius 3 is 2.56 bits per heavy atom. The van der Waals surface area contributed by atoms with E-state index in [1.165, 1.54) is 18.4 Å². The summed E-state index contributed by atoms with van der Waals surface area (Å²) < 4.78 is 0. The van der Waals surface area contributed by atoms with Gasteiger partial charge in [-0.2, -0.15) is 0 Å². The van der Waals surface area contributed by atoms with Crippen LogP contribution < -0.4 is 0 Å². The van der Waals surface area contributed by atoms with E-state index in [-0.39, 0.29) is 5.91 Å². The van der Waals surface area contributed by atoms with Crippen LogP contribution in [0.2, 0.25) is 0 Å². The van der Waals surface area contributed by atoms with E-state index in [0.29, 0.717) is 18.4 Å². The number of nitrogens with zero attached hydrogens (tertiary/aromatic N) is 3. The van der Waals surface area contributed by atoms with Crippen LogP contribution in [-0.4, -0.2) is 53.4 Å². The van der Waals surface area contributed by atoms with E-state index in [0.717, 1.165) is 31.9 Å². The van der Waals surface area contributed by atoms with Gasteiger partial charge in [0.25, 0.3) is 0 Å². The molecule has 1 amide bonds. The van der Waals surface area contributed by atoms with Gasteiger partial charge in [0.05, 0.1) is 6.54 Å². The van der Waals surface area contributed by atoms with E-state index in [1.807, 2.05) is 23.2 Å². The number of piperidine rings is 1. The number of hydrogen-bond donors (Lipinski definition) is 0. The lowest BCUT2D eigenvalue weighted by Gasteiger charge is -2.41. The molecule has 2 aromatic rings. The van der Waals surface area contributed by atoms with Crippen molar-refractivity contribution >= 4 is 5.91 Å². The molecular formula is C21H25N3O. The van der Waals surface area contributed by atoms with Crippen LogP contribution >= 0.6 is 0 Å². The standard InChI is InChI=1S/C21H25N3O/c25-21(24-14-19(15-24)20-10-4-5-11-22-20)16-23-12-6-9-18(13-23)17-7-2-1-3-8-17/h1-5,7-8,10-11,18-19H,6,9,12-16H2. The first-order valence-electron chi connectivity index (χ1n) is 9.25. The van der Waals surface area contributed by atoms with Gasteiger partial charge in [0.2, 0.25) is 5.91 Å². The Hall–Kier alpha value is -2.20. The molecule has 1 aromatic heterocycles. The predicted molar refractivity (Wildman–Crippen MR) is 98.4 cm³/mol. The molecule has 0 bridgehead atoms. The fraction of sp³-hybridized carbons (Fsp3) is 0.429. The van der Waals surface area contributed by atoms with Gasteiger partial charge in [0.1, 0.15) is 0 Å². The molecule has 0 radical (unpaired) electrons. The van der Waals surface area contributed by atoms with Gasteiger partial charge in [0, 0.05) is 37.4 Å². The number of hydrogen-bond acceptors (Lipinski definition) is 3. The van der Waals surface area contributed by atoms with Gasteiger partial charge in [-0.25, -0.2) is 0 Å². The van der Waals surface area contributed by atoms with Gasteiger partial charge in [0.15, 0.2) is 0 Å². The summed E-state index contributed by atoms with van der Waals surface area (Å²) >= 11 is 0. The third kappa shape index (κ3) is 3.74. The van der Waals surface area contributed by atoms with Gasteiger partial charge in [-0.1, -0.05) is 36.4 Å². The van der Waals surface area contributed by atoms with Crippen molar-refractivity contribution in [3.8, 4) is 0 Å². The summed E-state index contributed by atoms with van der Waals surface area (Å²) in [5, 5.41) is 0. The smallest absolute Gasteiger partial charge is 0.236 e. The fourth-order valence-electron chi connectivity index (χ4n) is 3.97. The van der Waals surface area contributed by atoms with Crippen LogP contribution in [0.4, 0.5) is 0 Å². The Kier molecular flexibility index (Phi) is 4.79. The molecule has 4 nitrogen and oxygen atoms in total. The number of amides is 1. The van der Waals surface area contributed by atoms with Crippen molar-refractivity contribution in [1.82, 2.24) is 14.8 Å². The maximum absolute atomic E-state index is 12.6. The van der Waals surface area contributed by atoms with Crippen molar-refractivity contribution in [2.24, 2.45) is 0 Å². The highest BCUT2D eigenvalue weighted by atomic mass is 16.2. The van der Waals surface area contributed by atoms with Crippen LogP contribution in [0.1, 0.15) is 35.9 Å². The predicted octanol–water partition coefficient (Wildman–Crippen LogP) is 2.89. The highest BCUT2D eigenvalue weighted by molar-refractivity contribution is 5.79. The number of carbonyl (C=O) groups excluding carboxylic acids is 1. The van der Waals surface area contributed by atoms with Crippen LogP contribution in [0.15, 0.2) is 54.7 Å². The second-order valence-corrected chi connectivity index (χ2v) is 7.24. The average Bonchev–Trinajstić information content (AvgIpc) is 2.62. The summed E-state index contributed by atoms with van der Waals surface area (Å²) in [6.07, 6.45) is 4.22. The molecule has 2 fully saturated rings. The van der Waals surface area contributed by atoms with E-state index in [1.54, 1.807) is 0 Å². The van der Waals surface area contributed by atoms with E-state index < -0.39 is 0 Å². The maximum Gasteiger partial charge on any atom is 0.236 e. The van der Waals surface area contributed by atoms with Crippen molar-refractivity contribution < 1.29 is 4.79 Å². The average molecular weight is 335 g/mol. The SMILES string of the molecule is O=C(CN1CCCC(c2ccccc2)C1)N1CC(c2ccccn2)C1. The van der Waals surface area contributed by atoms with Crippen molar-refractivity contribution in [2.45, 2.75) is 24.7 Å². The van der Waals surface area contributed by atoms with Gasteiger partial charge in [-0.05, 0) is 43.0 Å². The lowest BCUT2D eigenvalue weighted by Crippen LogP contribution is -2.52. The van der Waals surface area contributed by atoms with Gasteiger partial charge < -0.3 is 4.90 Å². The highest BCUT2D eigenvalue weighted by Gasteiger charge is 2.33. The monoisotopic (exact) mass is 335 g/mol. The zero-order valence-electron chi connectivity index (χ0n) is 14.6. The molecule has 0 N–H and O–H groups in total. The quantitative estimate of drug-likeness (QED) is 0.862. The van der Waals surface area contributed by atoms with E-state index in [9.17, 15) is 4.79 Å². The maximum atomic E-state index is 12.6. The number of benzene rings is 1. The zero-order chi connectivity index (χ0) is 17.1. The minimum absolute atomic E-state index is 0.265. The molecule has 1 unspecified atom stereocenters. The molecule has 1 atom stereocenters. The lowest BCUT2D eigenvalue weighted by molar-refractivity contribution is -0.137. The second-order valence-electron chi connectivity index (χ2n) is 7.24. The molecule has 130 valence electrons. The molecule has 4 rings (SSSR count). The summed E-state index contributed by atoms with van der Waals surface area (Å²) in [5.41, 5.74) is 2.51. The van der Waals surface area contributed by atoms with Crippen LogP contribution in [-0.2, 0) is 4.79 Å². The molecular weight excluding hydrogens is 310 g/mol. The summed E-state index contributed by atoms with van der Waals surface area (Å²) in [7, 11) is 0. The van der Waals surface area contributed by atoms with Crippen LogP contribution in [0.5, 0.6) is 0 Å². The first-order chi connectivity index (χ1) is 12.3. The summed E-state index contributed by atoms with van der Waals surface area (Å²) in [6.45, 7) is 4.20. The molecule has 0 spiro atoms. The summed E-state index contributed by atoms with van der Waals surface area (Å²) in [5.74, 6) is 1.23. The molecule has 2 aliphatic rings. The topological polar surface area (TPSA) is 36.4 Å². The normalized spacial score (nSPS) is 21.8. The molecule has 0 saturated carbocycles. The van der Waals surface area contributed by atoms with E-state index in [4.69, 9.17) is 0 Å². The van der Waals surface area contributed by atoms with Crippen LogP contribution in [0.3, 0.4) is 0 Å². The van der Waals surface area contributed by atoms with Gasteiger partial charge in [-0.3, -0.25) is 14.7 Å². The highest BCUT2D eigenvalue weighted by Crippen LogP contribution is 2.28. The van der Waals surface area contributed by atoms with Crippen molar-refractivity contribution in [3.63, 3.8) is 0 Å². The van der Waals surface area contributed by atoms with E-state index >= 15 is 0 Å². The summed E-state index contributed by atoms with van der Waals surface area (Å²) in [6, 6.07) is 16.7. The third-order valence-corrected chi connectivity index (χ3v) is 5.48. The van der Waals surface area contributed by atoms with Crippen molar-refractivity contribution in [3.05, 3.63) is 66.0 Å². The molecule has 1 aromatic carbocycles. The van der Waals surface area contributed by atoms with Gasteiger partial charge in [-0.15, -0.1) is 0 Å². The Morgan fingerprint density at radius 1 is 1.00 bits per heavy atom. The Balaban J connectivity index is 1.28. The number of carbonyl (C=O) groups is 1. The first kappa shape index (κ1) is 16.3. The Labute approximate surface area is 149 Å². The second kappa shape index (κ2) is 7.36. The molecule has 2 saturated heterocycles. The molecule has 3 heterocycles. The third-order valence-electron chi connectivity index (χ3n) is 5.48. The Bertz CT molecular complexity index is 698. The minimum atomic E-state index is 0.265. The number of rotatable bonds is 4. The summed E-state index contributed by atoms with van der Waals surface area (Å²) in [4.78, 5) is 21.3. The van der Waals surface area contributed by atoms with E-state index in [2.05, 4.69) is 46.3 Å². The largest absolute Gasteiger partial charge is 0.340 e. The zero-order valence-corrected chi connectivity index (χ0v) is 14.6. The lowest BCUT2D eigenvalue weighted by atomic mass is 9.90. The van der Waals surface area contributed by atoms with Crippen molar-refractivity contribution in [2.75, 3.05) is 32.7 Å². The number of aromatic nitrogens is 1. The fourth-order valence-corrected chi connectivity index (χ4v) is 3.97. The molecule has 2 aliphatic heterocycles. The van der Waals surface area contributed by atoms with Crippen molar-refractivity contribution in [1.29, 1.82) is 0 Å². The molecule has 25 heavy (non-hydrogen) atoms. The van der Waals surface area contributed by atoms with Crippen LogP contribution in [0.25, 0.3) is 0 Å². The molecule has 0 aliphatic carbocycles. The number of pyridine rings is 1. The first-order valence-corrected chi connectivity index (χ1v) is 9.25. The molecule has 4 heteroatoms. The number of likely N-dealkylation sites (tertiary alicyclic amines) is 2. The minimum Gasteiger partial charge on any atom is -0.340 e. The van der Waals surface area contributed by atoms with Gasteiger partial charge >= 0.3 is 0 Å².